The number of aryl methyl sites for hydroxylation is 1. The van der Waals surface area contributed by atoms with Gasteiger partial charge < -0.3 is 14.6 Å². The minimum absolute atomic E-state index is 0.148. The molecule has 0 bridgehead atoms. The summed E-state index contributed by atoms with van der Waals surface area (Å²) in [4.78, 5) is 22.0. The standard InChI is InChI=1S/C9H12N2O4/c1-3-14-9(13)8(12)10-5-7-4-6(2)15-11-7/h4H,3,5H2,1-2H3,(H,10,12). The minimum atomic E-state index is -0.891. The van der Waals surface area contributed by atoms with Crippen molar-refractivity contribution in [3.05, 3.63) is 17.5 Å². The van der Waals surface area contributed by atoms with E-state index in [1.54, 1.807) is 19.9 Å². The lowest BCUT2D eigenvalue weighted by Crippen LogP contribution is -2.32. The van der Waals surface area contributed by atoms with Crippen molar-refractivity contribution in [3.8, 4) is 0 Å². The van der Waals surface area contributed by atoms with Crippen molar-refractivity contribution in [2.24, 2.45) is 0 Å². The SMILES string of the molecule is CCOC(=O)C(=O)NCc1cc(C)on1. The van der Waals surface area contributed by atoms with Crippen LogP contribution in [0.25, 0.3) is 0 Å². The van der Waals surface area contributed by atoms with Crippen LogP contribution in [-0.2, 0) is 20.9 Å². The molecular weight excluding hydrogens is 200 g/mol. The summed E-state index contributed by atoms with van der Waals surface area (Å²) in [6, 6.07) is 1.67. The Labute approximate surface area is 86.6 Å². The van der Waals surface area contributed by atoms with Crippen LogP contribution in [0.3, 0.4) is 0 Å². The first-order valence-corrected chi connectivity index (χ1v) is 4.50. The van der Waals surface area contributed by atoms with E-state index in [4.69, 9.17) is 4.52 Å². The number of esters is 1. The average molecular weight is 212 g/mol. The smallest absolute Gasteiger partial charge is 0.396 e. The average Bonchev–Trinajstić information content (AvgIpc) is 2.61. The Bertz CT molecular complexity index is 359. The van der Waals surface area contributed by atoms with E-state index in [-0.39, 0.29) is 13.2 Å². The maximum atomic E-state index is 11.1. The van der Waals surface area contributed by atoms with Crippen molar-refractivity contribution in [2.75, 3.05) is 6.61 Å². The van der Waals surface area contributed by atoms with Gasteiger partial charge in [-0.25, -0.2) is 4.79 Å². The lowest BCUT2D eigenvalue weighted by Gasteiger charge is -2.01. The Morgan fingerprint density at radius 2 is 2.33 bits per heavy atom. The molecule has 0 radical (unpaired) electrons. The molecule has 0 aromatic carbocycles. The molecule has 0 unspecified atom stereocenters. The van der Waals surface area contributed by atoms with Crippen molar-refractivity contribution in [3.63, 3.8) is 0 Å². The quantitative estimate of drug-likeness (QED) is 0.570. The lowest BCUT2D eigenvalue weighted by molar-refractivity contribution is -0.154. The van der Waals surface area contributed by atoms with E-state index in [2.05, 4.69) is 15.2 Å². The minimum Gasteiger partial charge on any atom is -0.459 e. The van der Waals surface area contributed by atoms with Gasteiger partial charge in [-0.3, -0.25) is 4.79 Å². The maximum Gasteiger partial charge on any atom is 0.396 e. The number of nitrogens with zero attached hydrogens (tertiary/aromatic N) is 1. The molecule has 1 aromatic rings. The third kappa shape index (κ3) is 3.41. The summed E-state index contributed by atoms with van der Waals surface area (Å²) in [5.41, 5.74) is 0.560. The molecule has 6 nitrogen and oxygen atoms in total. The number of rotatable bonds is 3. The molecule has 0 atom stereocenters. The van der Waals surface area contributed by atoms with Gasteiger partial charge in [-0.1, -0.05) is 5.16 Å². The van der Waals surface area contributed by atoms with Crippen LogP contribution in [0.5, 0.6) is 0 Å². The zero-order valence-electron chi connectivity index (χ0n) is 8.57. The van der Waals surface area contributed by atoms with Gasteiger partial charge in [-0.2, -0.15) is 0 Å². The molecule has 0 aliphatic carbocycles. The fourth-order valence-corrected chi connectivity index (χ4v) is 0.941. The number of hydrogen-bond acceptors (Lipinski definition) is 5. The highest BCUT2D eigenvalue weighted by Gasteiger charge is 2.14. The van der Waals surface area contributed by atoms with Crippen LogP contribution >= 0.6 is 0 Å². The van der Waals surface area contributed by atoms with Crippen molar-refractivity contribution in [1.82, 2.24) is 10.5 Å². The molecule has 1 N–H and O–H groups in total. The second kappa shape index (κ2) is 5.14. The molecule has 0 saturated heterocycles. The fourth-order valence-electron chi connectivity index (χ4n) is 0.941. The molecule has 0 fully saturated rings. The first-order chi connectivity index (χ1) is 7.13. The number of nitrogens with one attached hydrogen (secondary N) is 1. The van der Waals surface area contributed by atoms with Crippen LogP contribution in [0.2, 0.25) is 0 Å². The second-order valence-electron chi connectivity index (χ2n) is 2.83. The first-order valence-electron chi connectivity index (χ1n) is 4.50. The molecule has 0 aliphatic rings. The van der Waals surface area contributed by atoms with Gasteiger partial charge in [0.1, 0.15) is 11.5 Å². The molecule has 1 aromatic heterocycles. The zero-order valence-corrected chi connectivity index (χ0v) is 8.57. The normalized spacial score (nSPS) is 9.73. The summed E-state index contributed by atoms with van der Waals surface area (Å²) in [7, 11) is 0. The molecule has 15 heavy (non-hydrogen) atoms. The molecule has 0 aliphatic heterocycles. The predicted octanol–water partition coefficient (Wildman–Crippen LogP) is 0.162. The van der Waals surface area contributed by atoms with Gasteiger partial charge in [0.05, 0.1) is 13.2 Å². The molecule has 0 spiro atoms. The highest BCUT2D eigenvalue weighted by atomic mass is 16.5. The Morgan fingerprint density at radius 3 is 2.87 bits per heavy atom. The van der Waals surface area contributed by atoms with Crippen LogP contribution in [-0.4, -0.2) is 23.6 Å². The van der Waals surface area contributed by atoms with Crippen LogP contribution in [0.15, 0.2) is 10.6 Å². The summed E-state index contributed by atoms with van der Waals surface area (Å²) in [5, 5.41) is 6.01. The maximum absolute atomic E-state index is 11.1. The number of ether oxygens (including phenoxy) is 1. The van der Waals surface area contributed by atoms with E-state index < -0.39 is 11.9 Å². The summed E-state index contributed by atoms with van der Waals surface area (Å²) < 4.78 is 9.29. The summed E-state index contributed by atoms with van der Waals surface area (Å²) in [6.07, 6.45) is 0. The van der Waals surface area contributed by atoms with Crippen LogP contribution in [0, 0.1) is 6.92 Å². The summed E-state index contributed by atoms with van der Waals surface area (Å²) >= 11 is 0. The van der Waals surface area contributed by atoms with Gasteiger partial charge in [0, 0.05) is 6.07 Å². The zero-order chi connectivity index (χ0) is 11.3. The molecule has 82 valence electrons. The summed E-state index contributed by atoms with van der Waals surface area (Å²) in [5.74, 6) is -1.02. The third-order valence-electron chi connectivity index (χ3n) is 1.57. The van der Waals surface area contributed by atoms with Crippen LogP contribution in [0.1, 0.15) is 18.4 Å². The van der Waals surface area contributed by atoms with Crippen molar-refractivity contribution < 1.29 is 18.8 Å². The van der Waals surface area contributed by atoms with E-state index in [0.717, 1.165) is 0 Å². The van der Waals surface area contributed by atoms with Gasteiger partial charge in [0.25, 0.3) is 0 Å². The van der Waals surface area contributed by atoms with Gasteiger partial charge in [-0.05, 0) is 13.8 Å². The molecule has 1 heterocycles. The predicted molar refractivity (Wildman–Crippen MR) is 49.7 cm³/mol. The second-order valence-corrected chi connectivity index (χ2v) is 2.83. The number of carbonyl (C=O) groups excluding carboxylic acids is 2. The number of amides is 1. The van der Waals surface area contributed by atoms with Crippen molar-refractivity contribution in [2.45, 2.75) is 20.4 Å². The first kappa shape index (κ1) is 11.2. The lowest BCUT2D eigenvalue weighted by atomic mass is 10.4. The van der Waals surface area contributed by atoms with Crippen molar-refractivity contribution in [1.29, 1.82) is 0 Å². The summed E-state index contributed by atoms with van der Waals surface area (Å²) in [6.45, 7) is 3.69. The van der Waals surface area contributed by atoms with Crippen LogP contribution in [0.4, 0.5) is 0 Å². The highest BCUT2D eigenvalue weighted by Crippen LogP contribution is 2.00. The fraction of sp³-hybridized carbons (Fsp3) is 0.444. The molecule has 0 saturated carbocycles. The molecule has 1 rings (SSSR count). The van der Waals surface area contributed by atoms with E-state index in [1.165, 1.54) is 0 Å². The van der Waals surface area contributed by atoms with E-state index >= 15 is 0 Å². The van der Waals surface area contributed by atoms with Gasteiger partial charge in [-0.15, -0.1) is 0 Å². The Morgan fingerprint density at radius 1 is 1.60 bits per heavy atom. The van der Waals surface area contributed by atoms with E-state index in [0.29, 0.717) is 11.5 Å². The van der Waals surface area contributed by atoms with Gasteiger partial charge in [0.15, 0.2) is 0 Å². The Kier molecular flexibility index (Phi) is 3.84. The van der Waals surface area contributed by atoms with E-state index in [9.17, 15) is 9.59 Å². The van der Waals surface area contributed by atoms with Crippen molar-refractivity contribution >= 4 is 11.9 Å². The van der Waals surface area contributed by atoms with Gasteiger partial charge in [0.2, 0.25) is 0 Å². The number of hydrogen-bond donors (Lipinski definition) is 1. The van der Waals surface area contributed by atoms with E-state index in [1.807, 2.05) is 0 Å². The third-order valence-corrected chi connectivity index (χ3v) is 1.57. The highest BCUT2D eigenvalue weighted by molar-refractivity contribution is 6.32. The number of aromatic nitrogens is 1. The number of carbonyl (C=O) groups is 2. The molecular formula is C9H12N2O4. The van der Waals surface area contributed by atoms with Gasteiger partial charge >= 0.3 is 11.9 Å². The monoisotopic (exact) mass is 212 g/mol. The largest absolute Gasteiger partial charge is 0.459 e. The Hall–Kier alpha value is -1.85. The van der Waals surface area contributed by atoms with Crippen LogP contribution < -0.4 is 5.32 Å². The Balaban J connectivity index is 2.37. The topological polar surface area (TPSA) is 81.4 Å². The molecule has 1 amide bonds. The molecule has 6 heteroatoms.